The van der Waals surface area contributed by atoms with E-state index in [0.29, 0.717) is 17.6 Å². The van der Waals surface area contributed by atoms with E-state index in [1.54, 1.807) is 6.07 Å². The van der Waals surface area contributed by atoms with Crippen LogP contribution in [0.25, 0.3) is 0 Å². The molecule has 6 heteroatoms. The van der Waals surface area contributed by atoms with Crippen molar-refractivity contribution in [3.8, 4) is 0 Å². The molecule has 0 radical (unpaired) electrons. The maximum absolute atomic E-state index is 12.5. The van der Waals surface area contributed by atoms with E-state index in [4.69, 9.17) is 5.73 Å². The summed E-state index contributed by atoms with van der Waals surface area (Å²) in [6.45, 7) is 5.08. The highest BCUT2D eigenvalue weighted by Gasteiger charge is 2.35. The second-order valence-corrected chi connectivity index (χ2v) is 5.66. The van der Waals surface area contributed by atoms with Gasteiger partial charge in [0.1, 0.15) is 11.5 Å². The predicted molar refractivity (Wildman–Crippen MR) is 72.7 cm³/mol. The first-order valence-electron chi connectivity index (χ1n) is 7.01. The van der Waals surface area contributed by atoms with E-state index in [9.17, 15) is 4.79 Å². The smallest absolute Gasteiger partial charge is 0.272 e. The van der Waals surface area contributed by atoms with Gasteiger partial charge in [-0.2, -0.15) is 5.10 Å². The molecule has 0 aromatic carbocycles. The second kappa shape index (κ2) is 4.85. The van der Waals surface area contributed by atoms with Gasteiger partial charge in [-0.3, -0.25) is 14.8 Å². The molecule has 2 atom stereocenters. The van der Waals surface area contributed by atoms with E-state index in [0.717, 1.165) is 13.1 Å². The topological polar surface area (TPSA) is 78.2 Å². The molecule has 0 spiro atoms. The second-order valence-electron chi connectivity index (χ2n) is 5.66. The lowest BCUT2D eigenvalue weighted by Crippen LogP contribution is -2.60. The van der Waals surface area contributed by atoms with Gasteiger partial charge in [-0.1, -0.05) is 6.42 Å². The Morgan fingerprint density at radius 3 is 3.05 bits per heavy atom. The number of aromatic nitrogens is 2. The number of hydrogen-bond donors (Lipinski definition) is 2. The quantitative estimate of drug-likeness (QED) is 0.781. The predicted octanol–water partition coefficient (Wildman–Crippen LogP) is 0.691. The van der Waals surface area contributed by atoms with Crippen LogP contribution in [0.3, 0.4) is 0 Å². The van der Waals surface area contributed by atoms with Crippen molar-refractivity contribution in [3.63, 3.8) is 0 Å². The van der Waals surface area contributed by atoms with Gasteiger partial charge >= 0.3 is 0 Å². The number of amides is 1. The molecule has 0 aliphatic carbocycles. The lowest BCUT2D eigenvalue weighted by Gasteiger charge is -2.47. The van der Waals surface area contributed by atoms with Gasteiger partial charge in [0.25, 0.3) is 5.91 Å². The minimum absolute atomic E-state index is 0.0157. The van der Waals surface area contributed by atoms with Crippen LogP contribution in [0.1, 0.15) is 36.7 Å². The number of piperazine rings is 1. The molecule has 0 bridgehead atoms. The highest BCUT2D eigenvalue weighted by atomic mass is 16.2. The third-order valence-corrected chi connectivity index (χ3v) is 4.28. The summed E-state index contributed by atoms with van der Waals surface area (Å²) in [5.41, 5.74) is 6.06. The zero-order valence-corrected chi connectivity index (χ0v) is 11.3. The van der Waals surface area contributed by atoms with Crippen LogP contribution in [-0.4, -0.2) is 57.6 Å². The molecular formula is C13H21N5O. The van der Waals surface area contributed by atoms with E-state index in [1.165, 1.54) is 25.8 Å². The van der Waals surface area contributed by atoms with E-state index in [1.807, 2.05) is 4.90 Å². The van der Waals surface area contributed by atoms with Crippen molar-refractivity contribution in [1.29, 1.82) is 0 Å². The largest absolute Gasteiger partial charge is 0.382 e. The lowest BCUT2D eigenvalue weighted by molar-refractivity contribution is 0.0148. The Balaban J connectivity index is 1.75. The van der Waals surface area contributed by atoms with Crippen LogP contribution in [0.2, 0.25) is 0 Å². The molecule has 3 N–H and O–H groups in total. The molecule has 3 rings (SSSR count). The first-order valence-corrected chi connectivity index (χ1v) is 7.01. The zero-order chi connectivity index (χ0) is 13.4. The fourth-order valence-corrected chi connectivity index (χ4v) is 3.24. The van der Waals surface area contributed by atoms with Crippen molar-refractivity contribution < 1.29 is 4.79 Å². The Morgan fingerprint density at radius 2 is 2.32 bits per heavy atom. The Morgan fingerprint density at radius 1 is 1.47 bits per heavy atom. The van der Waals surface area contributed by atoms with Gasteiger partial charge in [0.15, 0.2) is 0 Å². The number of anilines is 1. The van der Waals surface area contributed by atoms with Crippen LogP contribution >= 0.6 is 0 Å². The van der Waals surface area contributed by atoms with Gasteiger partial charge in [0.05, 0.1) is 0 Å². The van der Waals surface area contributed by atoms with Crippen LogP contribution in [0, 0.1) is 0 Å². The molecular weight excluding hydrogens is 242 g/mol. The molecule has 2 unspecified atom stereocenters. The van der Waals surface area contributed by atoms with Crippen LogP contribution in [0.5, 0.6) is 0 Å². The Hall–Kier alpha value is -1.56. The number of nitrogen functional groups attached to an aromatic ring is 1. The summed E-state index contributed by atoms with van der Waals surface area (Å²) in [7, 11) is 0. The number of nitrogens with two attached hydrogens (primary N) is 1. The number of carbonyl (C=O) groups is 1. The van der Waals surface area contributed by atoms with E-state index >= 15 is 0 Å². The number of rotatable bonds is 1. The third kappa shape index (κ3) is 2.32. The van der Waals surface area contributed by atoms with Crippen molar-refractivity contribution >= 4 is 11.7 Å². The number of piperidine rings is 1. The van der Waals surface area contributed by atoms with Crippen LogP contribution in [0.4, 0.5) is 5.82 Å². The van der Waals surface area contributed by atoms with Gasteiger partial charge in [0.2, 0.25) is 0 Å². The van der Waals surface area contributed by atoms with E-state index in [2.05, 4.69) is 22.0 Å². The molecule has 1 amide bonds. The zero-order valence-electron chi connectivity index (χ0n) is 11.3. The lowest BCUT2D eigenvalue weighted by atomic mass is 9.97. The maximum atomic E-state index is 12.5. The molecule has 1 aromatic rings. The summed E-state index contributed by atoms with van der Waals surface area (Å²) >= 11 is 0. The number of hydrogen-bond acceptors (Lipinski definition) is 4. The molecule has 104 valence electrons. The number of H-pyrrole nitrogens is 1. The highest BCUT2D eigenvalue weighted by Crippen LogP contribution is 2.25. The molecule has 2 aliphatic heterocycles. The van der Waals surface area contributed by atoms with Crippen molar-refractivity contribution in [3.05, 3.63) is 11.8 Å². The fourth-order valence-electron chi connectivity index (χ4n) is 3.24. The first kappa shape index (κ1) is 12.5. The third-order valence-electron chi connectivity index (χ3n) is 4.28. The van der Waals surface area contributed by atoms with Crippen molar-refractivity contribution in [1.82, 2.24) is 20.0 Å². The summed E-state index contributed by atoms with van der Waals surface area (Å²) in [4.78, 5) is 17.0. The summed E-state index contributed by atoms with van der Waals surface area (Å²) in [6.07, 6.45) is 3.75. The molecule has 3 heterocycles. The van der Waals surface area contributed by atoms with Gasteiger partial charge in [-0.25, -0.2) is 0 Å². The molecule has 1 aromatic heterocycles. The standard InChI is InChI=1S/C13H21N5O/c1-9-7-17-5-3-2-4-10(17)8-18(9)13(19)11-6-12(14)16-15-11/h6,9-10H,2-5,7-8H2,1H3,(H3,14,15,16). The average Bonchev–Trinajstić information content (AvgIpc) is 2.84. The summed E-state index contributed by atoms with van der Waals surface area (Å²) in [5, 5.41) is 6.55. The molecule has 19 heavy (non-hydrogen) atoms. The van der Waals surface area contributed by atoms with Crippen molar-refractivity contribution in [2.75, 3.05) is 25.4 Å². The van der Waals surface area contributed by atoms with Crippen LogP contribution < -0.4 is 5.73 Å². The molecule has 6 nitrogen and oxygen atoms in total. The van der Waals surface area contributed by atoms with Gasteiger partial charge in [-0.05, 0) is 26.3 Å². The Kier molecular flexibility index (Phi) is 3.18. The summed E-state index contributed by atoms with van der Waals surface area (Å²) in [5.74, 6) is 0.384. The van der Waals surface area contributed by atoms with Crippen LogP contribution in [-0.2, 0) is 0 Å². The fraction of sp³-hybridized carbons (Fsp3) is 0.692. The molecule has 0 saturated carbocycles. The minimum atomic E-state index is 0.0157. The number of nitrogens with zero attached hydrogens (tertiary/aromatic N) is 3. The Bertz CT molecular complexity index is 471. The first-order chi connectivity index (χ1) is 9.15. The van der Waals surface area contributed by atoms with Crippen LogP contribution in [0.15, 0.2) is 6.07 Å². The SMILES string of the molecule is CC1CN2CCCCC2CN1C(=O)c1cc(N)n[nH]1. The van der Waals surface area contributed by atoms with Gasteiger partial charge in [0, 0.05) is 31.2 Å². The molecule has 2 aliphatic rings. The monoisotopic (exact) mass is 263 g/mol. The highest BCUT2D eigenvalue weighted by molar-refractivity contribution is 5.93. The maximum Gasteiger partial charge on any atom is 0.272 e. The van der Waals surface area contributed by atoms with Gasteiger partial charge < -0.3 is 10.6 Å². The number of aromatic amines is 1. The average molecular weight is 263 g/mol. The minimum Gasteiger partial charge on any atom is -0.382 e. The summed E-state index contributed by atoms with van der Waals surface area (Å²) < 4.78 is 0. The summed E-state index contributed by atoms with van der Waals surface area (Å²) in [6, 6.07) is 2.38. The van der Waals surface area contributed by atoms with E-state index < -0.39 is 0 Å². The normalized spacial score (nSPS) is 28.2. The molecule has 2 fully saturated rings. The Labute approximate surface area is 112 Å². The number of fused-ring (bicyclic) bond motifs is 1. The molecule has 2 saturated heterocycles. The van der Waals surface area contributed by atoms with E-state index in [-0.39, 0.29) is 11.9 Å². The van der Waals surface area contributed by atoms with Crippen molar-refractivity contribution in [2.45, 2.75) is 38.3 Å². The van der Waals surface area contributed by atoms with Crippen molar-refractivity contribution in [2.24, 2.45) is 0 Å². The number of carbonyl (C=O) groups excluding carboxylic acids is 1. The van der Waals surface area contributed by atoms with Gasteiger partial charge in [-0.15, -0.1) is 0 Å². The number of nitrogens with one attached hydrogen (secondary N) is 1.